The highest BCUT2D eigenvalue weighted by Crippen LogP contribution is 2.30. The highest BCUT2D eigenvalue weighted by atomic mass is 32.1. The molecule has 5 nitrogen and oxygen atoms in total. The van der Waals surface area contributed by atoms with Crippen molar-refractivity contribution >= 4 is 22.4 Å². The minimum atomic E-state index is -0.509. The van der Waals surface area contributed by atoms with Crippen molar-refractivity contribution in [3.05, 3.63) is 70.6 Å². The number of benzene rings is 2. The molecule has 0 bridgehead atoms. The van der Waals surface area contributed by atoms with Gasteiger partial charge in [-0.05, 0) is 38.5 Å². The van der Waals surface area contributed by atoms with E-state index in [1.54, 1.807) is 28.9 Å². The van der Waals surface area contributed by atoms with Gasteiger partial charge in [0.2, 0.25) is 0 Å². The fourth-order valence-electron chi connectivity index (χ4n) is 2.75. The van der Waals surface area contributed by atoms with Crippen LogP contribution in [-0.4, -0.2) is 22.1 Å². The first-order chi connectivity index (χ1) is 13.0. The summed E-state index contributed by atoms with van der Waals surface area (Å²) in [5.41, 5.74) is 6.48. The highest BCUT2D eigenvalue weighted by Gasteiger charge is 2.16. The van der Waals surface area contributed by atoms with Crippen LogP contribution >= 0.6 is 11.3 Å². The number of nitrogens with one attached hydrogen (secondary N) is 1. The standard InChI is InChI=1S/C21H23N3O2S/c1-14(2)24(12-16-6-10-18(11-7-16)20(25)23-26)21-22-19(13-27-21)17-8-4-15(3)5-9-17/h4-11,13-14,26H,12H2,1-3H3,(H,23,25). The van der Waals surface area contributed by atoms with Crippen LogP contribution in [0.4, 0.5) is 5.13 Å². The fraction of sp³-hybridized carbons (Fsp3) is 0.238. The minimum absolute atomic E-state index is 0.280. The lowest BCUT2D eigenvalue weighted by Crippen LogP contribution is -2.30. The predicted molar refractivity (Wildman–Crippen MR) is 109 cm³/mol. The van der Waals surface area contributed by atoms with Crippen LogP contribution in [0.1, 0.15) is 35.3 Å². The molecule has 0 unspecified atom stereocenters. The second-order valence-electron chi connectivity index (χ2n) is 6.74. The van der Waals surface area contributed by atoms with Crippen LogP contribution in [-0.2, 0) is 6.54 Å². The average Bonchev–Trinajstić information content (AvgIpc) is 3.16. The molecule has 0 fully saturated rings. The minimum Gasteiger partial charge on any atom is -0.341 e. The van der Waals surface area contributed by atoms with Gasteiger partial charge in [0.15, 0.2) is 5.13 Å². The summed E-state index contributed by atoms with van der Waals surface area (Å²) in [6.07, 6.45) is 0. The molecule has 0 aliphatic rings. The number of hydroxylamine groups is 1. The molecule has 0 radical (unpaired) electrons. The Morgan fingerprint density at radius 1 is 1.15 bits per heavy atom. The number of rotatable bonds is 6. The van der Waals surface area contributed by atoms with Gasteiger partial charge in [-0.2, -0.15) is 0 Å². The molecule has 2 N–H and O–H groups in total. The molecular weight excluding hydrogens is 358 g/mol. The van der Waals surface area contributed by atoms with E-state index in [2.05, 4.69) is 55.3 Å². The van der Waals surface area contributed by atoms with E-state index in [-0.39, 0.29) is 6.04 Å². The van der Waals surface area contributed by atoms with Crippen LogP contribution in [0.3, 0.4) is 0 Å². The molecule has 0 saturated heterocycles. The quantitative estimate of drug-likeness (QED) is 0.482. The van der Waals surface area contributed by atoms with E-state index >= 15 is 0 Å². The number of anilines is 1. The first kappa shape index (κ1) is 19.1. The molecule has 0 spiro atoms. The topological polar surface area (TPSA) is 65.5 Å². The Hall–Kier alpha value is -2.70. The summed E-state index contributed by atoms with van der Waals surface area (Å²) in [5.74, 6) is -0.509. The van der Waals surface area contributed by atoms with E-state index in [9.17, 15) is 4.79 Å². The highest BCUT2D eigenvalue weighted by molar-refractivity contribution is 7.14. The number of aryl methyl sites for hydroxylation is 1. The van der Waals surface area contributed by atoms with Crippen molar-refractivity contribution in [2.45, 2.75) is 33.4 Å². The number of carbonyl (C=O) groups excluding carboxylic acids is 1. The maximum atomic E-state index is 11.5. The molecule has 3 aromatic rings. The Morgan fingerprint density at radius 3 is 2.41 bits per heavy atom. The van der Waals surface area contributed by atoms with E-state index in [1.807, 2.05) is 12.1 Å². The van der Waals surface area contributed by atoms with Crippen molar-refractivity contribution in [2.75, 3.05) is 4.90 Å². The number of aromatic nitrogens is 1. The summed E-state index contributed by atoms with van der Waals surface area (Å²) >= 11 is 1.63. The number of thiazole rings is 1. The second-order valence-corrected chi connectivity index (χ2v) is 7.58. The van der Waals surface area contributed by atoms with E-state index < -0.39 is 5.91 Å². The Labute approximate surface area is 163 Å². The molecule has 1 heterocycles. The number of amides is 1. The lowest BCUT2D eigenvalue weighted by Gasteiger charge is -2.26. The smallest absolute Gasteiger partial charge is 0.274 e. The normalized spacial score (nSPS) is 10.9. The predicted octanol–water partition coefficient (Wildman–Crippen LogP) is 4.65. The van der Waals surface area contributed by atoms with Crippen LogP contribution < -0.4 is 10.4 Å². The Kier molecular flexibility index (Phi) is 5.88. The lowest BCUT2D eigenvalue weighted by molar-refractivity contribution is 0.0706. The fourth-order valence-corrected chi connectivity index (χ4v) is 3.71. The van der Waals surface area contributed by atoms with Gasteiger partial charge in [-0.25, -0.2) is 10.5 Å². The van der Waals surface area contributed by atoms with Crippen molar-refractivity contribution in [3.63, 3.8) is 0 Å². The summed E-state index contributed by atoms with van der Waals surface area (Å²) in [5, 5.41) is 11.8. The lowest BCUT2D eigenvalue weighted by atomic mass is 10.1. The van der Waals surface area contributed by atoms with Crippen molar-refractivity contribution in [3.8, 4) is 11.3 Å². The molecule has 0 aliphatic heterocycles. The van der Waals surface area contributed by atoms with Crippen molar-refractivity contribution in [1.29, 1.82) is 0 Å². The van der Waals surface area contributed by atoms with Gasteiger partial charge >= 0.3 is 0 Å². The number of hydrogen-bond donors (Lipinski definition) is 2. The third kappa shape index (κ3) is 4.53. The number of carbonyl (C=O) groups is 1. The van der Waals surface area contributed by atoms with Gasteiger partial charge in [0, 0.05) is 29.1 Å². The Balaban J connectivity index is 1.80. The number of nitrogens with zero attached hydrogens (tertiary/aromatic N) is 2. The summed E-state index contributed by atoms with van der Waals surface area (Å²) in [6.45, 7) is 7.05. The molecule has 27 heavy (non-hydrogen) atoms. The zero-order valence-electron chi connectivity index (χ0n) is 15.6. The summed E-state index contributed by atoms with van der Waals surface area (Å²) in [7, 11) is 0. The molecule has 1 aromatic heterocycles. The molecule has 0 aliphatic carbocycles. The molecule has 2 aromatic carbocycles. The largest absolute Gasteiger partial charge is 0.341 e. The summed E-state index contributed by atoms with van der Waals surface area (Å²) < 4.78 is 0. The van der Waals surface area contributed by atoms with E-state index in [0.29, 0.717) is 12.1 Å². The third-order valence-electron chi connectivity index (χ3n) is 4.38. The van der Waals surface area contributed by atoms with Gasteiger partial charge in [0.25, 0.3) is 5.91 Å². The average molecular weight is 382 g/mol. The van der Waals surface area contributed by atoms with Gasteiger partial charge < -0.3 is 4.90 Å². The van der Waals surface area contributed by atoms with Gasteiger partial charge in [0.05, 0.1) is 5.69 Å². The van der Waals surface area contributed by atoms with Gasteiger partial charge in [0.1, 0.15) is 0 Å². The van der Waals surface area contributed by atoms with Crippen LogP contribution in [0.25, 0.3) is 11.3 Å². The van der Waals surface area contributed by atoms with Crippen molar-refractivity contribution < 1.29 is 10.0 Å². The van der Waals surface area contributed by atoms with Crippen LogP contribution in [0, 0.1) is 6.92 Å². The summed E-state index contributed by atoms with van der Waals surface area (Å²) in [6, 6.07) is 15.9. The molecular formula is C21H23N3O2S. The Morgan fingerprint density at radius 2 is 1.81 bits per heavy atom. The van der Waals surface area contributed by atoms with Crippen molar-refractivity contribution in [2.24, 2.45) is 0 Å². The van der Waals surface area contributed by atoms with Crippen LogP contribution in [0.5, 0.6) is 0 Å². The van der Waals surface area contributed by atoms with E-state index in [4.69, 9.17) is 10.2 Å². The molecule has 1 amide bonds. The number of hydrogen-bond acceptors (Lipinski definition) is 5. The molecule has 6 heteroatoms. The van der Waals surface area contributed by atoms with Gasteiger partial charge in [-0.15, -0.1) is 11.3 Å². The zero-order valence-corrected chi connectivity index (χ0v) is 16.5. The zero-order chi connectivity index (χ0) is 19.4. The van der Waals surface area contributed by atoms with Crippen LogP contribution in [0.2, 0.25) is 0 Å². The maximum absolute atomic E-state index is 11.5. The summed E-state index contributed by atoms with van der Waals surface area (Å²) in [4.78, 5) is 18.5. The van der Waals surface area contributed by atoms with Gasteiger partial charge in [-0.3, -0.25) is 10.0 Å². The van der Waals surface area contributed by atoms with Crippen LogP contribution in [0.15, 0.2) is 53.9 Å². The van der Waals surface area contributed by atoms with E-state index in [1.165, 1.54) is 5.56 Å². The molecule has 0 atom stereocenters. The molecule has 3 rings (SSSR count). The second kappa shape index (κ2) is 8.33. The SMILES string of the molecule is Cc1ccc(-c2csc(N(Cc3ccc(C(=O)NO)cc3)C(C)C)n2)cc1. The first-order valence-corrected chi connectivity index (χ1v) is 9.68. The molecule has 140 valence electrons. The van der Waals surface area contributed by atoms with Crippen molar-refractivity contribution in [1.82, 2.24) is 10.5 Å². The Bertz CT molecular complexity index is 902. The van der Waals surface area contributed by atoms with E-state index in [0.717, 1.165) is 22.0 Å². The first-order valence-electron chi connectivity index (χ1n) is 8.80. The maximum Gasteiger partial charge on any atom is 0.274 e. The molecule has 0 saturated carbocycles. The monoisotopic (exact) mass is 381 g/mol. The third-order valence-corrected chi connectivity index (χ3v) is 5.26. The van der Waals surface area contributed by atoms with Gasteiger partial charge in [-0.1, -0.05) is 42.0 Å².